The van der Waals surface area contributed by atoms with Gasteiger partial charge < -0.3 is 19.3 Å². The zero-order chi connectivity index (χ0) is 28.3. The third kappa shape index (κ3) is 5.39. The van der Waals surface area contributed by atoms with E-state index in [4.69, 9.17) is 14.5 Å². The van der Waals surface area contributed by atoms with Gasteiger partial charge in [-0.3, -0.25) is 4.79 Å². The SMILES string of the molecule is COc1ccc(C2C(C(=O)N3CCN(c4ccc(F)cc4)CC3)C(C)=Nc3ccnn32)cc1OCc1ccccc1. The van der Waals surface area contributed by atoms with Crippen LogP contribution >= 0.6 is 0 Å². The van der Waals surface area contributed by atoms with Gasteiger partial charge in [0.2, 0.25) is 5.91 Å². The van der Waals surface area contributed by atoms with Gasteiger partial charge in [-0.2, -0.15) is 5.10 Å². The molecule has 1 saturated heterocycles. The number of aliphatic imine (C=N–C) groups is 1. The molecule has 3 heterocycles. The highest BCUT2D eigenvalue weighted by atomic mass is 19.1. The van der Waals surface area contributed by atoms with E-state index < -0.39 is 12.0 Å². The second kappa shape index (κ2) is 11.4. The van der Waals surface area contributed by atoms with Crippen LogP contribution in [0.1, 0.15) is 24.1 Å². The maximum absolute atomic E-state index is 14.2. The van der Waals surface area contributed by atoms with Crippen LogP contribution in [0, 0.1) is 11.7 Å². The lowest BCUT2D eigenvalue weighted by molar-refractivity contribution is -0.134. The molecule has 1 aromatic heterocycles. The van der Waals surface area contributed by atoms with Crippen LogP contribution in [0.15, 0.2) is 90.1 Å². The van der Waals surface area contributed by atoms with Crippen LogP contribution < -0.4 is 14.4 Å². The van der Waals surface area contributed by atoms with Crippen molar-refractivity contribution in [3.05, 3.63) is 102 Å². The summed E-state index contributed by atoms with van der Waals surface area (Å²) in [6, 6.07) is 23.7. The summed E-state index contributed by atoms with van der Waals surface area (Å²) in [4.78, 5) is 23.0. The number of fused-ring (bicyclic) bond motifs is 1. The molecule has 2 aliphatic heterocycles. The van der Waals surface area contributed by atoms with E-state index in [0.29, 0.717) is 50.1 Å². The number of halogens is 1. The lowest BCUT2D eigenvalue weighted by atomic mass is 9.86. The van der Waals surface area contributed by atoms with Crippen molar-refractivity contribution in [2.24, 2.45) is 10.9 Å². The van der Waals surface area contributed by atoms with E-state index in [9.17, 15) is 9.18 Å². The molecule has 3 aromatic carbocycles. The Balaban J connectivity index is 1.27. The number of rotatable bonds is 7. The minimum Gasteiger partial charge on any atom is -0.493 e. The van der Waals surface area contributed by atoms with E-state index in [2.05, 4.69) is 10.00 Å². The van der Waals surface area contributed by atoms with E-state index in [1.165, 1.54) is 12.1 Å². The van der Waals surface area contributed by atoms with Gasteiger partial charge in [0.15, 0.2) is 17.3 Å². The third-order valence-electron chi connectivity index (χ3n) is 7.79. The number of amides is 1. The molecule has 6 rings (SSSR count). The molecule has 0 radical (unpaired) electrons. The van der Waals surface area contributed by atoms with E-state index >= 15 is 0 Å². The summed E-state index contributed by atoms with van der Waals surface area (Å²) in [6.07, 6.45) is 1.71. The molecule has 210 valence electrons. The van der Waals surface area contributed by atoms with Crippen LogP contribution in [0.4, 0.5) is 15.9 Å². The summed E-state index contributed by atoms with van der Waals surface area (Å²) in [7, 11) is 1.62. The first kappa shape index (κ1) is 26.6. The highest BCUT2D eigenvalue weighted by Crippen LogP contribution is 2.40. The number of ether oxygens (including phenoxy) is 2. The maximum Gasteiger partial charge on any atom is 0.234 e. The Morgan fingerprint density at radius 2 is 1.71 bits per heavy atom. The summed E-state index contributed by atoms with van der Waals surface area (Å²) < 4.78 is 27.0. The number of hydrogen-bond donors (Lipinski definition) is 0. The number of nitrogens with zero attached hydrogens (tertiary/aromatic N) is 5. The first-order valence-electron chi connectivity index (χ1n) is 13.7. The zero-order valence-electron chi connectivity index (χ0n) is 23.1. The molecular formula is C32H32FN5O3. The Kier molecular flexibility index (Phi) is 7.41. The van der Waals surface area contributed by atoms with Gasteiger partial charge in [-0.25, -0.2) is 14.1 Å². The molecule has 0 bridgehead atoms. The van der Waals surface area contributed by atoms with Crippen molar-refractivity contribution in [2.45, 2.75) is 19.6 Å². The van der Waals surface area contributed by atoms with Crippen molar-refractivity contribution >= 4 is 23.1 Å². The van der Waals surface area contributed by atoms with E-state index in [1.54, 1.807) is 25.4 Å². The largest absolute Gasteiger partial charge is 0.493 e. The van der Waals surface area contributed by atoms with E-state index in [0.717, 1.165) is 22.5 Å². The van der Waals surface area contributed by atoms with Crippen molar-refractivity contribution < 1.29 is 18.7 Å². The number of benzene rings is 3. The number of methoxy groups -OCH3 is 1. The number of carbonyl (C=O) groups excluding carboxylic acids is 1. The standard InChI is InChI=1S/C32H32FN5O3/c1-22-30(32(39)37-18-16-36(17-19-37)26-11-9-25(33)10-12-26)31(38-29(35-22)14-15-34-38)24-8-13-27(40-2)28(20-24)41-21-23-6-4-3-5-7-23/h3-15,20,30-31H,16-19,21H2,1-2H3. The Labute approximate surface area is 238 Å². The van der Waals surface area contributed by atoms with Crippen molar-refractivity contribution in [1.82, 2.24) is 14.7 Å². The second-order valence-electron chi connectivity index (χ2n) is 10.3. The smallest absolute Gasteiger partial charge is 0.234 e. The summed E-state index contributed by atoms with van der Waals surface area (Å²) in [6.45, 7) is 4.76. The van der Waals surface area contributed by atoms with Crippen molar-refractivity contribution in [2.75, 3.05) is 38.2 Å². The van der Waals surface area contributed by atoms with Crippen LogP contribution in [-0.4, -0.2) is 59.6 Å². The summed E-state index contributed by atoms with van der Waals surface area (Å²) in [5.41, 5.74) is 3.63. The monoisotopic (exact) mass is 553 g/mol. The Morgan fingerprint density at radius 1 is 0.951 bits per heavy atom. The topological polar surface area (TPSA) is 72.2 Å². The average Bonchev–Trinajstić information content (AvgIpc) is 3.48. The Hall–Kier alpha value is -4.66. The number of piperazine rings is 1. The molecule has 0 spiro atoms. The van der Waals surface area contributed by atoms with E-state index in [-0.39, 0.29) is 11.7 Å². The molecule has 0 saturated carbocycles. The predicted octanol–water partition coefficient (Wildman–Crippen LogP) is 5.27. The quantitative estimate of drug-likeness (QED) is 0.312. The number of aromatic nitrogens is 2. The molecule has 0 aliphatic carbocycles. The predicted molar refractivity (Wildman–Crippen MR) is 156 cm³/mol. The van der Waals surface area contributed by atoms with Crippen molar-refractivity contribution in [3.8, 4) is 11.5 Å². The number of anilines is 1. The van der Waals surface area contributed by atoms with Gasteiger partial charge in [0.1, 0.15) is 18.3 Å². The van der Waals surface area contributed by atoms with Gasteiger partial charge in [0.05, 0.1) is 19.3 Å². The normalized spacial score (nSPS) is 18.5. The minimum atomic E-state index is -0.532. The lowest BCUT2D eigenvalue weighted by Crippen LogP contribution is -2.53. The molecule has 2 aliphatic rings. The van der Waals surface area contributed by atoms with Crippen LogP contribution in [0.2, 0.25) is 0 Å². The molecule has 1 amide bonds. The molecule has 2 unspecified atom stereocenters. The zero-order valence-corrected chi connectivity index (χ0v) is 23.1. The summed E-state index contributed by atoms with van der Waals surface area (Å²) >= 11 is 0. The number of carbonyl (C=O) groups is 1. The van der Waals surface area contributed by atoms with Crippen LogP contribution in [0.25, 0.3) is 0 Å². The Bertz CT molecular complexity index is 1550. The molecule has 2 atom stereocenters. The van der Waals surface area contributed by atoms with E-state index in [1.807, 2.05) is 71.1 Å². The molecule has 4 aromatic rings. The van der Waals surface area contributed by atoms with Crippen molar-refractivity contribution in [1.29, 1.82) is 0 Å². The first-order chi connectivity index (χ1) is 20.0. The van der Waals surface area contributed by atoms with Gasteiger partial charge in [0, 0.05) is 43.6 Å². The maximum atomic E-state index is 14.2. The molecule has 1 fully saturated rings. The fourth-order valence-corrected chi connectivity index (χ4v) is 5.64. The molecule has 9 heteroatoms. The fraction of sp³-hybridized carbons (Fsp3) is 0.281. The number of hydrogen-bond acceptors (Lipinski definition) is 6. The Morgan fingerprint density at radius 3 is 2.44 bits per heavy atom. The van der Waals surface area contributed by atoms with Crippen molar-refractivity contribution in [3.63, 3.8) is 0 Å². The molecular weight excluding hydrogens is 521 g/mol. The minimum absolute atomic E-state index is 0.0127. The first-order valence-corrected chi connectivity index (χ1v) is 13.7. The van der Waals surface area contributed by atoms with Crippen LogP contribution in [0.5, 0.6) is 11.5 Å². The highest BCUT2D eigenvalue weighted by molar-refractivity contribution is 6.05. The average molecular weight is 554 g/mol. The van der Waals surface area contributed by atoms with Gasteiger partial charge in [-0.05, 0) is 54.4 Å². The molecule has 0 N–H and O–H groups in total. The summed E-state index contributed by atoms with van der Waals surface area (Å²) in [5.74, 6) is 1.15. The van der Waals surface area contributed by atoms with Crippen LogP contribution in [0.3, 0.4) is 0 Å². The van der Waals surface area contributed by atoms with Gasteiger partial charge in [-0.1, -0.05) is 36.4 Å². The van der Waals surface area contributed by atoms with Crippen LogP contribution in [-0.2, 0) is 11.4 Å². The summed E-state index contributed by atoms with van der Waals surface area (Å²) in [5, 5.41) is 4.58. The third-order valence-corrected chi connectivity index (χ3v) is 7.79. The van der Waals surface area contributed by atoms with Gasteiger partial charge in [-0.15, -0.1) is 0 Å². The van der Waals surface area contributed by atoms with Gasteiger partial charge in [0.25, 0.3) is 0 Å². The molecule has 41 heavy (non-hydrogen) atoms. The lowest BCUT2D eigenvalue weighted by Gasteiger charge is -2.40. The second-order valence-corrected chi connectivity index (χ2v) is 10.3. The fourth-order valence-electron chi connectivity index (χ4n) is 5.64. The highest BCUT2D eigenvalue weighted by Gasteiger charge is 2.41. The van der Waals surface area contributed by atoms with Gasteiger partial charge >= 0.3 is 0 Å². The molecule has 8 nitrogen and oxygen atoms in total.